The van der Waals surface area contributed by atoms with Crippen LogP contribution in [0.3, 0.4) is 0 Å². The first-order valence-electron chi connectivity index (χ1n) is 18.8. The topological polar surface area (TPSA) is 136 Å². The highest BCUT2D eigenvalue weighted by molar-refractivity contribution is 7.46. The standard InChI is InChI=1S/C41H65O9P/c1-3-5-7-9-11-13-15-17-18-20-22-24-26-28-30-34-40(43)48-36-39(37-49-51(45,46)47)50-41(44)35-31-33-38(42)32-29-27-25-23-21-19-16-14-12-10-8-6-4-2/h11-14,17-19,21-22,24-25,27,29,32,39H,3-10,15-16,20,23,26,28,30-31,33-37H2,1-2H3,(H2,45,46,47)/b13-11-,14-12-,18-17-,21-19-,24-22-,27-25-,32-29+/t39-/m1/s1. The molecule has 0 spiro atoms. The van der Waals surface area contributed by atoms with Crippen molar-refractivity contribution in [3.63, 3.8) is 0 Å². The van der Waals surface area contributed by atoms with Gasteiger partial charge in [0.2, 0.25) is 0 Å². The lowest BCUT2D eigenvalue weighted by molar-refractivity contribution is -0.161. The second-order valence-corrected chi connectivity index (χ2v) is 13.5. The first-order chi connectivity index (χ1) is 24.7. The minimum absolute atomic E-state index is 0.0902. The molecular weight excluding hydrogens is 667 g/mol. The fourth-order valence-corrected chi connectivity index (χ4v) is 4.87. The summed E-state index contributed by atoms with van der Waals surface area (Å²) < 4.78 is 26.1. The number of ketones is 1. The van der Waals surface area contributed by atoms with Gasteiger partial charge in [-0.15, -0.1) is 0 Å². The van der Waals surface area contributed by atoms with Crippen LogP contribution < -0.4 is 0 Å². The van der Waals surface area contributed by atoms with Gasteiger partial charge >= 0.3 is 19.8 Å². The molecule has 0 unspecified atom stereocenters. The highest BCUT2D eigenvalue weighted by atomic mass is 31.2. The Hall–Kier alpha value is -3.10. The Morgan fingerprint density at radius 3 is 1.59 bits per heavy atom. The first-order valence-corrected chi connectivity index (χ1v) is 20.4. The van der Waals surface area contributed by atoms with Crippen LogP contribution in [0.4, 0.5) is 0 Å². The van der Waals surface area contributed by atoms with E-state index in [0.29, 0.717) is 6.42 Å². The maximum atomic E-state index is 12.3. The highest BCUT2D eigenvalue weighted by Crippen LogP contribution is 2.35. The van der Waals surface area contributed by atoms with Gasteiger partial charge in [0.05, 0.1) is 6.61 Å². The fourth-order valence-electron chi connectivity index (χ4n) is 4.51. The fraction of sp³-hybridized carbons (Fsp3) is 0.585. The molecule has 1 atom stereocenters. The van der Waals surface area contributed by atoms with Gasteiger partial charge in [-0.1, -0.05) is 119 Å². The molecule has 0 aromatic rings. The van der Waals surface area contributed by atoms with Crippen molar-refractivity contribution in [2.45, 2.75) is 142 Å². The van der Waals surface area contributed by atoms with E-state index in [-0.39, 0.29) is 31.5 Å². The number of hydrogen-bond donors (Lipinski definition) is 2. The number of hydrogen-bond acceptors (Lipinski definition) is 7. The minimum Gasteiger partial charge on any atom is -0.462 e. The molecule has 51 heavy (non-hydrogen) atoms. The number of ether oxygens (including phenoxy) is 2. The van der Waals surface area contributed by atoms with Crippen LogP contribution in [0.2, 0.25) is 0 Å². The molecule has 0 aliphatic carbocycles. The molecule has 0 radical (unpaired) electrons. The summed E-state index contributed by atoms with van der Waals surface area (Å²) in [6.07, 6.45) is 43.1. The minimum atomic E-state index is -4.83. The summed E-state index contributed by atoms with van der Waals surface area (Å²) in [6.45, 7) is 3.36. The Balaban J connectivity index is 4.28. The largest absolute Gasteiger partial charge is 0.469 e. The molecule has 0 aromatic carbocycles. The highest BCUT2D eigenvalue weighted by Gasteiger charge is 2.23. The van der Waals surface area contributed by atoms with E-state index in [2.05, 4.69) is 79.1 Å². The second-order valence-electron chi connectivity index (χ2n) is 12.2. The SMILES string of the molecule is CCCCC/C=C\C/C=C\C/C=C\C=C\C(=O)CCCC(=O)O[C@H](COC(=O)CCCC/C=C\C/C=C\C/C=C\CCCCC)COP(=O)(O)O. The van der Waals surface area contributed by atoms with E-state index in [1.54, 1.807) is 12.2 Å². The Bertz CT molecular complexity index is 1160. The van der Waals surface area contributed by atoms with Gasteiger partial charge in [-0.3, -0.25) is 18.9 Å². The van der Waals surface area contributed by atoms with Crippen LogP contribution in [0, 0.1) is 0 Å². The van der Waals surface area contributed by atoms with E-state index in [1.165, 1.54) is 44.6 Å². The van der Waals surface area contributed by atoms with Crippen molar-refractivity contribution in [2.24, 2.45) is 0 Å². The summed E-state index contributed by atoms with van der Waals surface area (Å²) in [5.74, 6) is -1.34. The molecule has 0 heterocycles. The van der Waals surface area contributed by atoms with E-state index >= 15 is 0 Å². The molecular formula is C41H65O9P. The van der Waals surface area contributed by atoms with Crippen molar-refractivity contribution in [3.8, 4) is 0 Å². The van der Waals surface area contributed by atoms with Crippen LogP contribution in [0.25, 0.3) is 0 Å². The first kappa shape index (κ1) is 47.9. The Morgan fingerprint density at radius 2 is 1.06 bits per heavy atom. The third-order valence-corrected chi connectivity index (χ3v) is 7.85. The van der Waals surface area contributed by atoms with Crippen LogP contribution in [-0.4, -0.2) is 46.8 Å². The average molecular weight is 733 g/mol. The number of carbonyl (C=O) groups is 3. The lowest BCUT2D eigenvalue weighted by Gasteiger charge is -2.18. The molecule has 0 saturated carbocycles. The maximum absolute atomic E-state index is 12.3. The number of unbranched alkanes of at least 4 members (excludes halogenated alkanes) is 8. The molecule has 0 saturated heterocycles. The van der Waals surface area contributed by atoms with Crippen LogP contribution >= 0.6 is 7.82 Å². The lowest BCUT2D eigenvalue weighted by Crippen LogP contribution is -2.29. The number of phosphoric ester groups is 1. The quantitative estimate of drug-likeness (QED) is 0.0169. The summed E-state index contributed by atoms with van der Waals surface area (Å²) in [4.78, 5) is 54.8. The molecule has 0 amide bonds. The third-order valence-electron chi connectivity index (χ3n) is 7.36. The molecule has 2 N–H and O–H groups in total. The number of allylic oxidation sites excluding steroid dienone is 14. The van der Waals surface area contributed by atoms with Crippen molar-refractivity contribution in [2.75, 3.05) is 13.2 Å². The van der Waals surface area contributed by atoms with Crippen molar-refractivity contribution < 1.29 is 42.7 Å². The average Bonchev–Trinajstić information content (AvgIpc) is 3.09. The van der Waals surface area contributed by atoms with Gasteiger partial charge in [0.1, 0.15) is 6.61 Å². The Labute approximate surface area is 307 Å². The van der Waals surface area contributed by atoms with Gasteiger partial charge in [0, 0.05) is 19.3 Å². The Morgan fingerprint density at radius 1 is 0.569 bits per heavy atom. The number of esters is 2. The zero-order valence-electron chi connectivity index (χ0n) is 31.2. The van der Waals surface area contributed by atoms with Gasteiger partial charge in [0.25, 0.3) is 0 Å². The van der Waals surface area contributed by atoms with E-state index in [4.69, 9.17) is 19.3 Å². The second kappa shape index (κ2) is 35.3. The monoisotopic (exact) mass is 732 g/mol. The van der Waals surface area contributed by atoms with Gasteiger partial charge in [0.15, 0.2) is 11.9 Å². The summed E-state index contributed by atoms with van der Waals surface area (Å²) in [6, 6.07) is 0. The summed E-state index contributed by atoms with van der Waals surface area (Å²) in [5, 5.41) is 0. The molecule has 0 aliphatic heterocycles. The third kappa shape index (κ3) is 38.0. The van der Waals surface area contributed by atoms with Crippen molar-refractivity contribution in [1.29, 1.82) is 0 Å². The summed E-state index contributed by atoms with van der Waals surface area (Å²) in [5.41, 5.74) is 0. The summed E-state index contributed by atoms with van der Waals surface area (Å²) in [7, 11) is -4.83. The van der Waals surface area contributed by atoms with Gasteiger partial charge < -0.3 is 19.3 Å². The predicted molar refractivity (Wildman–Crippen MR) is 207 cm³/mol. The van der Waals surface area contributed by atoms with Crippen molar-refractivity contribution >= 4 is 25.5 Å². The molecule has 0 bridgehead atoms. The van der Waals surface area contributed by atoms with Crippen molar-refractivity contribution in [1.82, 2.24) is 0 Å². The van der Waals surface area contributed by atoms with Gasteiger partial charge in [-0.05, 0) is 83.1 Å². The molecule has 0 aliphatic rings. The van der Waals surface area contributed by atoms with Gasteiger partial charge in [-0.2, -0.15) is 0 Å². The number of carbonyl (C=O) groups excluding carboxylic acids is 3. The molecule has 0 fully saturated rings. The van der Waals surface area contributed by atoms with E-state index < -0.39 is 39.1 Å². The Kier molecular flexibility index (Phi) is 33.2. The molecule has 0 rings (SSSR count). The number of phosphoric acid groups is 1. The van der Waals surface area contributed by atoms with E-state index in [0.717, 1.165) is 51.4 Å². The van der Waals surface area contributed by atoms with E-state index in [9.17, 15) is 18.9 Å². The summed E-state index contributed by atoms with van der Waals surface area (Å²) >= 11 is 0. The predicted octanol–water partition coefficient (Wildman–Crippen LogP) is 10.5. The van der Waals surface area contributed by atoms with E-state index in [1.807, 2.05) is 6.08 Å². The van der Waals surface area contributed by atoms with Crippen LogP contribution in [0.1, 0.15) is 136 Å². The molecule has 10 heteroatoms. The molecule has 0 aromatic heterocycles. The van der Waals surface area contributed by atoms with Gasteiger partial charge in [-0.25, -0.2) is 4.57 Å². The van der Waals surface area contributed by atoms with Crippen LogP contribution in [0.5, 0.6) is 0 Å². The number of rotatable bonds is 33. The normalized spacial score (nSPS) is 13.3. The van der Waals surface area contributed by atoms with Crippen LogP contribution in [0.15, 0.2) is 85.1 Å². The smallest absolute Gasteiger partial charge is 0.462 e. The van der Waals surface area contributed by atoms with Crippen molar-refractivity contribution in [3.05, 3.63) is 85.1 Å². The maximum Gasteiger partial charge on any atom is 0.469 e. The van der Waals surface area contributed by atoms with Crippen LogP contribution in [-0.2, 0) is 32.9 Å². The lowest BCUT2D eigenvalue weighted by atomic mass is 10.1. The zero-order chi connectivity index (χ0) is 37.7. The zero-order valence-corrected chi connectivity index (χ0v) is 32.1. The molecule has 9 nitrogen and oxygen atoms in total. The molecule has 288 valence electrons.